The summed E-state index contributed by atoms with van der Waals surface area (Å²) in [5, 5.41) is 87.9. The van der Waals surface area contributed by atoms with Gasteiger partial charge in [-0.2, -0.15) is 0 Å². The van der Waals surface area contributed by atoms with E-state index in [2.05, 4.69) is 12.2 Å². The number of aliphatic hydroxyl groups is 8. The quantitative estimate of drug-likeness (QED) is 0.0440. The topological polar surface area (TPSA) is 283 Å². The first-order valence-corrected chi connectivity index (χ1v) is 18.8. The molecule has 18 heteroatoms. The summed E-state index contributed by atoms with van der Waals surface area (Å²) >= 11 is 0. The number of amides is 2. The molecule has 2 unspecified atom stereocenters. The summed E-state index contributed by atoms with van der Waals surface area (Å²) in [4.78, 5) is 26.7. The maximum atomic E-state index is 13.0. The zero-order valence-electron chi connectivity index (χ0n) is 29.9. The monoisotopic (exact) mass is 751 g/mol. The molecular weight excluding hydrogens is 690 g/mol. The molecule has 302 valence electrons. The SMILES string of the molecule is CCCCCCCCCCCCN[C@H]1[C@H](OC2[C@@H](CO)O[C@@H](OC3[C@@H](CO)O[C@@H](O)[C@H](N)[C@H]3O)[C@H](N3C(=O)CCC3=O)[C@H]2O)O[C@H](CO)[C@@H](O)[C@@H]1O. The number of carbonyl (C=O) groups excluding carboxylic acids is 2. The molecule has 0 saturated carbocycles. The Labute approximate surface area is 304 Å². The lowest BCUT2D eigenvalue weighted by Gasteiger charge is -2.50. The van der Waals surface area contributed by atoms with Gasteiger partial charge < -0.3 is 75.6 Å². The summed E-state index contributed by atoms with van der Waals surface area (Å²) < 4.78 is 29.3. The molecule has 0 spiro atoms. The molecule has 4 saturated heterocycles. The fourth-order valence-electron chi connectivity index (χ4n) is 7.41. The van der Waals surface area contributed by atoms with E-state index in [9.17, 15) is 50.4 Å². The van der Waals surface area contributed by atoms with Crippen molar-refractivity contribution in [3.8, 4) is 0 Å². The summed E-state index contributed by atoms with van der Waals surface area (Å²) in [5.74, 6) is -1.33. The van der Waals surface area contributed by atoms with Crippen LogP contribution in [0, 0.1) is 0 Å². The van der Waals surface area contributed by atoms with Gasteiger partial charge in [0.1, 0.15) is 61.0 Å². The van der Waals surface area contributed by atoms with Crippen molar-refractivity contribution in [3.63, 3.8) is 0 Å². The van der Waals surface area contributed by atoms with E-state index in [1.807, 2.05) is 0 Å². The number of hydrogen-bond acceptors (Lipinski definition) is 17. The van der Waals surface area contributed by atoms with Crippen LogP contribution in [0.15, 0.2) is 0 Å². The molecule has 15 atom stereocenters. The molecule has 2 amide bonds. The lowest BCUT2D eigenvalue weighted by atomic mass is 9.93. The molecule has 4 aliphatic rings. The molecule has 0 aliphatic carbocycles. The van der Waals surface area contributed by atoms with Crippen molar-refractivity contribution in [2.75, 3.05) is 26.4 Å². The van der Waals surface area contributed by atoms with Crippen LogP contribution in [0.1, 0.15) is 84.0 Å². The normalized spacial score (nSPS) is 40.1. The van der Waals surface area contributed by atoms with Gasteiger partial charge in [-0.3, -0.25) is 14.5 Å². The highest BCUT2D eigenvalue weighted by molar-refractivity contribution is 6.02. The Hall–Kier alpha value is -1.46. The maximum absolute atomic E-state index is 13.0. The molecule has 0 aromatic rings. The first-order valence-electron chi connectivity index (χ1n) is 18.8. The van der Waals surface area contributed by atoms with Gasteiger partial charge in [0.25, 0.3) is 0 Å². The molecule has 4 aliphatic heterocycles. The zero-order valence-corrected chi connectivity index (χ0v) is 29.9. The van der Waals surface area contributed by atoms with Crippen molar-refractivity contribution in [1.82, 2.24) is 10.2 Å². The van der Waals surface area contributed by atoms with Crippen molar-refractivity contribution in [2.45, 2.75) is 176 Å². The average molecular weight is 752 g/mol. The van der Waals surface area contributed by atoms with Crippen molar-refractivity contribution in [3.05, 3.63) is 0 Å². The Morgan fingerprint density at radius 3 is 1.75 bits per heavy atom. The van der Waals surface area contributed by atoms with Gasteiger partial charge >= 0.3 is 0 Å². The fourth-order valence-corrected chi connectivity index (χ4v) is 7.41. The predicted molar refractivity (Wildman–Crippen MR) is 180 cm³/mol. The van der Waals surface area contributed by atoms with Crippen LogP contribution < -0.4 is 11.1 Å². The molecule has 4 fully saturated rings. The minimum Gasteiger partial charge on any atom is -0.394 e. The highest BCUT2D eigenvalue weighted by Gasteiger charge is 2.57. The second-order valence-electron chi connectivity index (χ2n) is 14.2. The molecule has 18 nitrogen and oxygen atoms in total. The van der Waals surface area contributed by atoms with Crippen LogP contribution in [0.5, 0.6) is 0 Å². The zero-order chi connectivity index (χ0) is 37.9. The van der Waals surface area contributed by atoms with E-state index >= 15 is 0 Å². The van der Waals surface area contributed by atoms with Crippen LogP contribution in [0.2, 0.25) is 0 Å². The molecule has 4 heterocycles. The predicted octanol–water partition coefficient (Wildman–Crippen LogP) is -2.93. The third kappa shape index (κ3) is 10.4. The Bertz CT molecular complexity index is 1080. The average Bonchev–Trinajstić information content (AvgIpc) is 3.46. The fraction of sp³-hybridized carbons (Fsp3) is 0.941. The first kappa shape index (κ1) is 43.3. The van der Waals surface area contributed by atoms with Gasteiger partial charge in [-0.15, -0.1) is 0 Å². The van der Waals surface area contributed by atoms with E-state index in [-0.39, 0.29) is 12.8 Å². The van der Waals surface area contributed by atoms with E-state index < -0.39 is 124 Å². The largest absolute Gasteiger partial charge is 0.394 e. The molecular formula is C34H61N3O15. The minimum atomic E-state index is -1.82. The van der Waals surface area contributed by atoms with Crippen LogP contribution in [-0.2, 0) is 33.3 Å². The minimum absolute atomic E-state index is 0.172. The number of unbranched alkanes of at least 4 members (excludes halogenated alkanes) is 9. The molecule has 0 bridgehead atoms. The standard InChI is InChI=1S/C34H61N3O15/c1-2-3-4-5-6-7-8-9-10-11-14-36-24-28(45)26(43)18(15-38)49-33(24)51-31-20(17-40)50-34(25(29(31)46)37-21(41)12-13-22(37)42)52-30-19(16-39)48-32(47)23(35)27(30)44/h18-20,23-34,36,38-40,43-47H,2-17,35H2,1H3/t18-,19-,20-,23-,24-,25-,26-,27-,28-,29-,30?,31?,32-,33+,34+/m1/s1. The number of nitrogens with zero attached hydrogens (tertiary/aromatic N) is 1. The smallest absolute Gasteiger partial charge is 0.230 e. The van der Waals surface area contributed by atoms with E-state index in [1.165, 1.54) is 38.5 Å². The Balaban J connectivity index is 1.48. The summed E-state index contributed by atoms with van der Waals surface area (Å²) in [5.41, 5.74) is 5.86. The molecule has 4 rings (SSSR count). The van der Waals surface area contributed by atoms with Crippen LogP contribution in [-0.4, -0.2) is 176 Å². The number of ether oxygens (including phenoxy) is 5. The molecule has 52 heavy (non-hydrogen) atoms. The Morgan fingerprint density at radius 1 is 0.673 bits per heavy atom. The third-order valence-corrected chi connectivity index (χ3v) is 10.5. The number of nitrogens with two attached hydrogens (primary N) is 1. The van der Waals surface area contributed by atoms with Gasteiger partial charge in [-0.05, 0) is 13.0 Å². The van der Waals surface area contributed by atoms with Gasteiger partial charge in [-0.1, -0.05) is 64.7 Å². The molecule has 0 radical (unpaired) electrons. The Morgan fingerprint density at radius 2 is 1.17 bits per heavy atom. The second kappa shape index (κ2) is 21.0. The van der Waals surface area contributed by atoms with Gasteiger partial charge in [-0.25, -0.2) is 0 Å². The summed E-state index contributed by atoms with van der Waals surface area (Å²) in [7, 11) is 0. The van der Waals surface area contributed by atoms with Gasteiger partial charge in [0.05, 0.1) is 31.9 Å². The lowest BCUT2D eigenvalue weighted by molar-refractivity contribution is -0.356. The summed E-state index contributed by atoms with van der Waals surface area (Å²) in [6.45, 7) is 0.389. The van der Waals surface area contributed by atoms with Crippen molar-refractivity contribution in [1.29, 1.82) is 0 Å². The third-order valence-electron chi connectivity index (χ3n) is 10.5. The highest BCUT2D eigenvalue weighted by Crippen LogP contribution is 2.35. The second-order valence-corrected chi connectivity index (χ2v) is 14.2. The highest BCUT2D eigenvalue weighted by atomic mass is 16.7. The van der Waals surface area contributed by atoms with E-state index in [0.717, 1.165) is 30.6 Å². The number of imide groups is 1. The first-order chi connectivity index (χ1) is 25.0. The van der Waals surface area contributed by atoms with Crippen molar-refractivity contribution in [2.24, 2.45) is 5.73 Å². The van der Waals surface area contributed by atoms with Crippen molar-refractivity contribution >= 4 is 11.8 Å². The van der Waals surface area contributed by atoms with Gasteiger partial charge in [0, 0.05) is 12.8 Å². The van der Waals surface area contributed by atoms with E-state index in [1.54, 1.807) is 0 Å². The molecule has 0 aromatic heterocycles. The van der Waals surface area contributed by atoms with Crippen LogP contribution in [0.25, 0.3) is 0 Å². The number of likely N-dealkylation sites (tertiary alicyclic amines) is 1. The summed E-state index contributed by atoms with van der Waals surface area (Å²) in [6, 6.07) is -4.07. The van der Waals surface area contributed by atoms with Crippen molar-refractivity contribution < 1.29 is 74.1 Å². The number of carbonyl (C=O) groups is 2. The van der Waals surface area contributed by atoms with Gasteiger partial charge in [0.2, 0.25) is 11.8 Å². The van der Waals surface area contributed by atoms with E-state index in [4.69, 9.17) is 29.4 Å². The van der Waals surface area contributed by atoms with Crippen LogP contribution in [0.3, 0.4) is 0 Å². The maximum Gasteiger partial charge on any atom is 0.230 e. The number of hydrogen-bond donors (Lipinski definition) is 10. The lowest BCUT2D eigenvalue weighted by Crippen LogP contribution is -2.71. The number of nitrogens with one attached hydrogen (secondary N) is 1. The number of aliphatic hydroxyl groups excluding tert-OH is 8. The molecule has 0 aromatic carbocycles. The van der Waals surface area contributed by atoms with Crippen LogP contribution >= 0.6 is 0 Å². The van der Waals surface area contributed by atoms with Crippen LogP contribution in [0.4, 0.5) is 0 Å². The molecule has 11 N–H and O–H groups in total. The number of rotatable bonds is 20. The van der Waals surface area contributed by atoms with Gasteiger partial charge in [0.15, 0.2) is 18.9 Å². The van der Waals surface area contributed by atoms with E-state index in [0.29, 0.717) is 6.54 Å². The summed E-state index contributed by atoms with van der Waals surface area (Å²) in [6.07, 6.45) is -7.42. The Kier molecular flexibility index (Phi) is 17.5.